The summed E-state index contributed by atoms with van der Waals surface area (Å²) in [5, 5.41) is 17.9. The van der Waals surface area contributed by atoms with Crippen LogP contribution in [0.5, 0.6) is 0 Å². The molecule has 0 aliphatic heterocycles. The van der Waals surface area contributed by atoms with E-state index in [0.29, 0.717) is 18.8 Å². The van der Waals surface area contributed by atoms with Crippen molar-refractivity contribution in [1.82, 2.24) is 14.7 Å². The summed E-state index contributed by atoms with van der Waals surface area (Å²) in [6, 6.07) is 6.38. The predicted molar refractivity (Wildman–Crippen MR) is 85.9 cm³/mol. The summed E-state index contributed by atoms with van der Waals surface area (Å²) in [7, 11) is 3.54. The fourth-order valence-corrected chi connectivity index (χ4v) is 2.19. The minimum atomic E-state index is -0.446. The molecule has 1 amide bonds. The van der Waals surface area contributed by atoms with Crippen LogP contribution in [-0.2, 0) is 18.4 Å². The van der Waals surface area contributed by atoms with E-state index in [1.165, 1.54) is 6.07 Å². The van der Waals surface area contributed by atoms with Gasteiger partial charge < -0.3 is 10.2 Å². The molecule has 1 aromatic heterocycles. The summed E-state index contributed by atoms with van der Waals surface area (Å²) in [5.41, 5.74) is 1.37. The number of amides is 1. The molecular weight excluding hydrogens is 298 g/mol. The Balaban J connectivity index is 1.84. The van der Waals surface area contributed by atoms with Gasteiger partial charge in [0.25, 0.3) is 5.69 Å². The highest BCUT2D eigenvalue weighted by Crippen LogP contribution is 2.22. The molecule has 0 aliphatic carbocycles. The zero-order valence-corrected chi connectivity index (χ0v) is 13.1. The summed E-state index contributed by atoms with van der Waals surface area (Å²) in [6.45, 7) is 0.819. The quantitative estimate of drug-likeness (QED) is 0.620. The largest absolute Gasteiger partial charge is 0.379 e. The summed E-state index contributed by atoms with van der Waals surface area (Å²) in [4.78, 5) is 24.2. The molecule has 23 heavy (non-hydrogen) atoms. The van der Waals surface area contributed by atoms with Crippen molar-refractivity contribution < 1.29 is 9.72 Å². The Morgan fingerprint density at radius 1 is 1.43 bits per heavy atom. The molecule has 0 spiro atoms. The highest BCUT2D eigenvalue weighted by molar-refractivity contribution is 5.76. The normalized spacial score (nSPS) is 10.3. The van der Waals surface area contributed by atoms with Crippen molar-refractivity contribution in [3.8, 4) is 0 Å². The van der Waals surface area contributed by atoms with E-state index in [1.807, 2.05) is 13.2 Å². The van der Waals surface area contributed by atoms with Gasteiger partial charge in [0, 0.05) is 51.4 Å². The average Bonchev–Trinajstić information content (AvgIpc) is 2.92. The summed E-state index contributed by atoms with van der Waals surface area (Å²) >= 11 is 0. The molecule has 1 aromatic carbocycles. The van der Waals surface area contributed by atoms with Crippen molar-refractivity contribution in [1.29, 1.82) is 0 Å². The summed E-state index contributed by atoms with van der Waals surface area (Å²) < 4.78 is 1.68. The number of aryl methyl sites for hydroxylation is 1. The van der Waals surface area contributed by atoms with E-state index in [4.69, 9.17) is 0 Å². The standard InChI is InChI=1S/C15H19N5O3/c1-18(10-12-9-17-19(2)11-12)15(21)7-8-16-13-5-3-4-6-14(13)20(22)23/h3-6,9,11,16H,7-8,10H2,1-2H3. The Labute approximate surface area is 133 Å². The van der Waals surface area contributed by atoms with Crippen LogP contribution in [0.1, 0.15) is 12.0 Å². The van der Waals surface area contributed by atoms with E-state index >= 15 is 0 Å². The Morgan fingerprint density at radius 3 is 2.83 bits per heavy atom. The Bertz CT molecular complexity index is 698. The lowest BCUT2D eigenvalue weighted by Gasteiger charge is -2.16. The van der Waals surface area contributed by atoms with Crippen LogP contribution in [0.2, 0.25) is 0 Å². The first-order valence-electron chi connectivity index (χ1n) is 7.16. The van der Waals surface area contributed by atoms with Crippen LogP contribution in [0.25, 0.3) is 0 Å². The van der Waals surface area contributed by atoms with Gasteiger partial charge in [-0.05, 0) is 6.07 Å². The van der Waals surface area contributed by atoms with Crippen LogP contribution >= 0.6 is 0 Å². The van der Waals surface area contributed by atoms with Gasteiger partial charge >= 0.3 is 0 Å². The highest BCUT2D eigenvalue weighted by Gasteiger charge is 2.13. The van der Waals surface area contributed by atoms with E-state index in [2.05, 4.69) is 10.4 Å². The first-order valence-corrected chi connectivity index (χ1v) is 7.16. The number of anilines is 1. The van der Waals surface area contributed by atoms with Crippen LogP contribution < -0.4 is 5.32 Å². The van der Waals surface area contributed by atoms with Crippen LogP contribution in [0.15, 0.2) is 36.7 Å². The van der Waals surface area contributed by atoms with Crippen molar-refractivity contribution >= 4 is 17.3 Å². The number of benzene rings is 1. The first-order chi connectivity index (χ1) is 11.0. The van der Waals surface area contributed by atoms with Gasteiger partial charge in [-0.1, -0.05) is 12.1 Å². The summed E-state index contributed by atoms with van der Waals surface area (Å²) in [5.74, 6) is -0.0417. The molecule has 2 aromatic rings. The van der Waals surface area contributed by atoms with Crippen LogP contribution in [-0.4, -0.2) is 39.1 Å². The fourth-order valence-electron chi connectivity index (χ4n) is 2.19. The van der Waals surface area contributed by atoms with Gasteiger partial charge in [0.15, 0.2) is 0 Å². The Hall–Kier alpha value is -2.90. The Kier molecular flexibility index (Phi) is 5.29. The molecule has 0 aliphatic rings. The minimum Gasteiger partial charge on any atom is -0.379 e. The van der Waals surface area contributed by atoms with E-state index < -0.39 is 4.92 Å². The monoisotopic (exact) mass is 317 g/mol. The number of hydrogen-bond acceptors (Lipinski definition) is 5. The molecule has 0 saturated carbocycles. The topological polar surface area (TPSA) is 93.3 Å². The first kappa shape index (κ1) is 16.5. The molecule has 1 heterocycles. The van der Waals surface area contributed by atoms with Crippen molar-refractivity contribution in [3.05, 3.63) is 52.3 Å². The van der Waals surface area contributed by atoms with Crippen molar-refractivity contribution in [2.45, 2.75) is 13.0 Å². The van der Waals surface area contributed by atoms with Gasteiger partial charge in [-0.3, -0.25) is 19.6 Å². The number of rotatable bonds is 7. The third kappa shape index (κ3) is 4.53. The zero-order valence-electron chi connectivity index (χ0n) is 13.1. The van der Waals surface area contributed by atoms with Gasteiger partial charge in [-0.25, -0.2) is 0 Å². The van der Waals surface area contributed by atoms with Gasteiger partial charge in [0.1, 0.15) is 5.69 Å². The fraction of sp³-hybridized carbons (Fsp3) is 0.333. The molecular formula is C15H19N5O3. The second-order valence-electron chi connectivity index (χ2n) is 5.22. The number of hydrogen-bond donors (Lipinski definition) is 1. The molecule has 0 unspecified atom stereocenters. The van der Waals surface area contributed by atoms with E-state index in [-0.39, 0.29) is 18.0 Å². The lowest BCUT2D eigenvalue weighted by atomic mass is 10.2. The van der Waals surface area contributed by atoms with E-state index in [9.17, 15) is 14.9 Å². The summed E-state index contributed by atoms with van der Waals surface area (Å²) in [6.07, 6.45) is 3.83. The van der Waals surface area contributed by atoms with Crippen molar-refractivity contribution in [3.63, 3.8) is 0 Å². The van der Waals surface area contributed by atoms with Crippen molar-refractivity contribution in [2.24, 2.45) is 7.05 Å². The molecule has 0 saturated heterocycles. The van der Waals surface area contributed by atoms with E-state index in [0.717, 1.165) is 5.56 Å². The van der Waals surface area contributed by atoms with E-state index in [1.54, 1.807) is 41.0 Å². The lowest BCUT2D eigenvalue weighted by Crippen LogP contribution is -2.27. The second kappa shape index (κ2) is 7.39. The van der Waals surface area contributed by atoms with Crippen LogP contribution in [0.4, 0.5) is 11.4 Å². The molecule has 0 fully saturated rings. The molecule has 0 radical (unpaired) electrons. The maximum absolute atomic E-state index is 12.1. The smallest absolute Gasteiger partial charge is 0.292 e. The third-order valence-corrected chi connectivity index (χ3v) is 3.36. The van der Waals surface area contributed by atoms with Crippen LogP contribution in [0.3, 0.4) is 0 Å². The third-order valence-electron chi connectivity index (χ3n) is 3.36. The number of carbonyl (C=O) groups is 1. The molecule has 0 atom stereocenters. The van der Waals surface area contributed by atoms with Gasteiger partial charge in [-0.2, -0.15) is 5.10 Å². The molecule has 0 bridgehead atoms. The van der Waals surface area contributed by atoms with Crippen molar-refractivity contribution in [2.75, 3.05) is 18.9 Å². The number of nitro groups is 1. The molecule has 1 N–H and O–H groups in total. The Morgan fingerprint density at radius 2 is 2.17 bits per heavy atom. The maximum atomic E-state index is 12.1. The number of nitrogens with one attached hydrogen (secondary N) is 1. The lowest BCUT2D eigenvalue weighted by molar-refractivity contribution is -0.384. The van der Waals surface area contributed by atoms with Gasteiger partial charge in [0.05, 0.1) is 11.1 Å². The molecule has 8 heteroatoms. The molecule has 8 nitrogen and oxygen atoms in total. The number of carbonyl (C=O) groups excluding carboxylic acids is 1. The van der Waals surface area contributed by atoms with Gasteiger partial charge in [0.2, 0.25) is 5.91 Å². The zero-order chi connectivity index (χ0) is 16.8. The average molecular weight is 317 g/mol. The number of nitrogens with zero attached hydrogens (tertiary/aromatic N) is 4. The van der Waals surface area contributed by atoms with Gasteiger partial charge in [-0.15, -0.1) is 0 Å². The molecule has 122 valence electrons. The number of nitro benzene ring substituents is 1. The minimum absolute atomic E-state index is 0.00339. The maximum Gasteiger partial charge on any atom is 0.292 e. The number of aromatic nitrogens is 2. The van der Waals surface area contributed by atoms with Crippen LogP contribution in [0, 0.1) is 10.1 Å². The molecule has 2 rings (SSSR count). The predicted octanol–water partition coefficient (Wildman–Crippen LogP) is 1.79. The number of para-hydroxylation sites is 2. The SMILES string of the molecule is CN(Cc1cnn(C)c1)C(=O)CCNc1ccccc1[N+](=O)[O-]. The highest BCUT2D eigenvalue weighted by atomic mass is 16.6. The second-order valence-corrected chi connectivity index (χ2v) is 5.22.